The number of hydrogen-bond donors (Lipinski definition) is 0. The number of rotatable bonds is 6. The fraction of sp³-hybridized carbons (Fsp3) is 0.136. The molecule has 0 saturated carbocycles. The molecule has 0 amide bonds. The molecule has 0 atom stereocenters. The minimum absolute atomic E-state index is 0.170. The smallest absolute Gasteiger partial charge is 0.180 e. The van der Waals surface area contributed by atoms with E-state index < -0.39 is 0 Å². The third kappa shape index (κ3) is 4.83. The van der Waals surface area contributed by atoms with Gasteiger partial charge in [0.15, 0.2) is 11.5 Å². The van der Waals surface area contributed by atoms with Gasteiger partial charge in [0, 0.05) is 11.2 Å². The first kappa shape index (κ1) is 20.2. The summed E-state index contributed by atoms with van der Waals surface area (Å²) in [5.41, 5.74) is 3.11. The van der Waals surface area contributed by atoms with E-state index >= 15 is 0 Å². The molecule has 0 saturated heterocycles. The van der Waals surface area contributed by atoms with Gasteiger partial charge in [-0.05, 0) is 60.0 Å². The molecule has 144 valence electrons. The number of aliphatic imine (C=N–C) groups is 1. The fourth-order valence-corrected chi connectivity index (χ4v) is 3.06. The number of benzene rings is 3. The van der Waals surface area contributed by atoms with Gasteiger partial charge >= 0.3 is 0 Å². The van der Waals surface area contributed by atoms with Crippen LogP contribution in [0, 0.1) is 12.7 Å². The van der Waals surface area contributed by atoms with E-state index in [9.17, 15) is 4.39 Å². The van der Waals surface area contributed by atoms with Crippen molar-refractivity contribution in [2.45, 2.75) is 13.5 Å². The maximum Gasteiger partial charge on any atom is 0.180 e. The van der Waals surface area contributed by atoms with Crippen molar-refractivity contribution in [3.8, 4) is 11.5 Å². The lowest BCUT2D eigenvalue weighted by atomic mass is 10.2. The van der Waals surface area contributed by atoms with E-state index in [1.54, 1.807) is 30.5 Å². The lowest BCUT2D eigenvalue weighted by Gasteiger charge is -2.13. The Kier molecular flexibility index (Phi) is 6.55. The van der Waals surface area contributed by atoms with E-state index in [2.05, 4.69) is 4.99 Å². The largest absolute Gasteiger partial charge is 0.493 e. The topological polar surface area (TPSA) is 30.8 Å². The molecule has 0 radical (unpaired) electrons. The van der Waals surface area contributed by atoms with Gasteiger partial charge in [-0.2, -0.15) is 0 Å². The number of ether oxygens (including phenoxy) is 2. The molecule has 0 aliphatic heterocycles. The average Bonchev–Trinajstić information content (AvgIpc) is 2.68. The summed E-state index contributed by atoms with van der Waals surface area (Å²) in [6.45, 7) is 2.08. The van der Waals surface area contributed by atoms with Gasteiger partial charge in [-0.1, -0.05) is 41.4 Å². The Morgan fingerprint density at radius 3 is 2.57 bits per heavy atom. The lowest BCUT2D eigenvalue weighted by molar-refractivity contribution is 0.284. The first-order valence-corrected chi connectivity index (χ1v) is 9.27. The quantitative estimate of drug-likeness (QED) is 0.413. The van der Waals surface area contributed by atoms with Crippen LogP contribution in [0.3, 0.4) is 0 Å². The van der Waals surface area contributed by atoms with E-state index in [1.807, 2.05) is 25.1 Å². The summed E-state index contributed by atoms with van der Waals surface area (Å²) >= 11 is 12.5. The Hall–Kier alpha value is -2.56. The van der Waals surface area contributed by atoms with Crippen LogP contribution in [0.4, 0.5) is 10.1 Å². The molecule has 0 N–H and O–H groups in total. The molecule has 3 aromatic rings. The number of hydrogen-bond acceptors (Lipinski definition) is 3. The molecule has 0 aliphatic carbocycles. The van der Waals surface area contributed by atoms with Crippen LogP contribution in [0.15, 0.2) is 59.6 Å². The van der Waals surface area contributed by atoms with Gasteiger partial charge in [0.25, 0.3) is 0 Å². The van der Waals surface area contributed by atoms with E-state index in [4.69, 9.17) is 32.7 Å². The van der Waals surface area contributed by atoms with Gasteiger partial charge in [0.1, 0.15) is 12.4 Å². The zero-order valence-electron chi connectivity index (χ0n) is 15.4. The van der Waals surface area contributed by atoms with Gasteiger partial charge < -0.3 is 9.47 Å². The molecule has 0 bridgehead atoms. The third-order valence-electron chi connectivity index (χ3n) is 4.12. The first-order valence-electron chi connectivity index (χ1n) is 8.52. The second kappa shape index (κ2) is 9.09. The van der Waals surface area contributed by atoms with Crippen molar-refractivity contribution >= 4 is 35.1 Å². The average molecular weight is 418 g/mol. The second-order valence-electron chi connectivity index (χ2n) is 6.09. The van der Waals surface area contributed by atoms with E-state index in [1.165, 1.54) is 19.2 Å². The standard InChI is InChI=1S/C22H18Cl2FNO2/c1-14-18(23)7-4-8-20(14)26-12-16-10-19(24)22(21(11-16)27-2)28-13-15-5-3-6-17(25)9-15/h3-12H,13H2,1-2H3. The van der Waals surface area contributed by atoms with Gasteiger partial charge in [0.05, 0.1) is 17.8 Å². The van der Waals surface area contributed by atoms with E-state index in [0.29, 0.717) is 27.1 Å². The van der Waals surface area contributed by atoms with Crippen LogP contribution >= 0.6 is 23.2 Å². The molecule has 0 heterocycles. The minimum Gasteiger partial charge on any atom is -0.493 e. The highest BCUT2D eigenvalue weighted by molar-refractivity contribution is 6.32. The number of halogens is 3. The van der Waals surface area contributed by atoms with Gasteiger partial charge in [-0.3, -0.25) is 4.99 Å². The van der Waals surface area contributed by atoms with Crippen LogP contribution in [0.2, 0.25) is 10.0 Å². The Morgan fingerprint density at radius 2 is 1.82 bits per heavy atom. The third-order valence-corrected chi connectivity index (χ3v) is 4.81. The van der Waals surface area contributed by atoms with E-state index in [-0.39, 0.29) is 12.4 Å². The predicted molar refractivity (Wildman–Crippen MR) is 112 cm³/mol. The number of nitrogens with zero attached hydrogens (tertiary/aromatic N) is 1. The summed E-state index contributed by atoms with van der Waals surface area (Å²) in [6.07, 6.45) is 1.68. The molecule has 3 aromatic carbocycles. The second-order valence-corrected chi connectivity index (χ2v) is 6.91. The summed E-state index contributed by atoms with van der Waals surface area (Å²) in [4.78, 5) is 4.48. The highest BCUT2D eigenvalue weighted by Gasteiger charge is 2.12. The van der Waals surface area contributed by atoms with Crippen molar-refractivity contribution < 1.29 is 13.9 Å². The van der Waals surface area contributed by atoms with Crippen molar-refractivity contribution in [3.05, 3.63) is 87.2 Å². The van der Waals surface area contributed by atoms with Crippen LogP contribution in [-0.2, 0) is 6.61 Å². The Morgan fingerprint density at radius 1 is 1.04 bits per heavy atom. The van der Waals surface area contributed by atoms with Crippen molar-refractivity contribution in [3.63, 3.8) is 0 Å². The van der Waals surface area contributed by atoms with Crippen LogP contribution in [-0.4, -0.2) is 13.3 Å². The number of methoxy groups -OCH3 is 1. The minimum atomic E-state index is -0.318. The zero-order chi connectivity index (χ0) is 20.1. The summed E-state index contributed by atoms with van der Waals surface area (Å²) in [5, 5.41) is 1.03. The molecule has 3 nitrogen and oxygen atoms in total. The molecule has 0 aliphatic rings. The van der Waals surface area contributed by atoms with Gasteiger partial charge in [0.2, 0.25) is 0 Å². The summed E-state index contributed by atoms with van der Waals surface area (Å²) in [6, 6.07) is 15.3. The highest BCUT2D eigenvalue weighted by Crippen LogP contribution is 2.37. The molecule has 0 spiro atoms. The van der Waals surface area contributed by atoms with Crippen molar-refractivity contribution in [2.75, 3.05) is 7.11 Å². The monoisotopic (exact) mass is 417 g/mol. The SMILES string of the molecule is COc1cc(C=Nc2cccc(Cl)c2C)cc(Cl)c1OCc1cccc(F)c1. The Labute approximate surface area is 173 Å². The Bertz CT molecular complexity index is 1020. The molecule has 0 aromatic heterocycles. The van der Waals surface area contributed by atoms with Gasteiger partial charge in [-0.15, -0.1) is 0 Å². The maximum absolute atomic E-state index is 13.3. The van der Waals surface area contributed by atoms with Crippen LogP contribution < -0.4 is 9.47 Å². The molecule has 28 heavy (non-hydrogen) atoms. The summed E-state index contributed by atoms with van der Waals surface area (Å²) < 4.78 is 24.5. The van der Waals surface area contributed by atoms with Crippen LogP contribution in [0.5, 0.6) is 11.5 Å². The fourth-order valence-electron chi connectivity index (χ4n) is 2.62. The van der Waals surface area contributed by atoms with Crippen molar-refractivity contribution in [1.82, 2.24) is 0 Å². The first-order chi connectivity index (χ1) is 13.5. The predicted octanol–water partition coefficient (Wildman–Crippen LogP) is 6.78. The van der Waals surface area contributed by atoms with E-state index in [0.717, 1.165) is 16.8 Å². The molecule has 3 rings (SSSR count). The highest BCUT2D eigenvalue weighted by atomic mass is 35.5. The van der Waals surface area contributed by atoms with Gasteiger partial charge in [-0.25, -0.2) is 4.39 Å². The summed E-state index contributed by atoms with van der Waals surface area (Å²) in [7, 11) is 1.53. The lowest BCUT2D eigenvalue weighted by Crippen LogP contribution is -2.00. The Balaban J connectivity index is 1.83. The maximum atomic E-state index is 13.3. The normalized spacial score (nSPS) is 11.0. The molecular formula is C22H18Cl2FNO2. The van der Waals surface area contributed by atoms with Crippen molar-refractivity contribution in [2.24, 2.45) is 4.99 Å². The molecule has 0 unspecified atom stereocenters. The zero-order valence-corrected chi connectivity index (χ0v) is 16.9. The van der Waals surface area contributed by atoms with Crippen LogP contribution in [0.25, 0.3) is 0 Å². The summed E-state index contributed by atoms with van der Waals surface area (Å²) in [5.74, 6) is 0.541. The van der Waals surface area contributed by atoms with Crippen molar-refractivity contribution in [1.29, 1.82) is 0 Å². The molecule has 6 heteroatoms. The molecule has 0 fully saturated rings. The molecular weight excluding hydrogens is 400 g/mol. The van der Waals surface area contributed by atoms with Crippen LogP contribution in [0.1, 0.15) is 16.7 Å².